The summed E-state index contributed by atoms with van der Waals surface area (Å²) in [4.78, 5) is 40.0. The molecule has 0 radical (unpaired) electrons. The Morgan fingerprint density at radius 1 is 1.03 bits per heavy atom. The van der Waals surface area contributed by atoms with Gasteiger partial charge in [0.1, 0.15) is 11.4 Å². The first-order valence-corrected chi connectivity index (χ1v) is 11.3. The lowest BCUT2D eigenvalue weighted by molar-refractivity contribution is -0.154. The van der Waals surface area contributed by atoms with E-state index in [4.69, 9.17) is 9.47 Å². The number of halogens is 1. The summed E-state index contributed by atoms with van der Waals surface area (Å²) in [5.41, 5.74) is 0.699. The van der Waals surface area contributed by atoms with Crippen LogP contribution in [0.15, 0.2) is 48.5 Å². The van der Waals surface area contributed by atoms with Crippen LogP contribution in [-0.4, -0.2) is 46.5 Å². The molecular weight excluding hydrogens is 441 g/mol. The molecule has 1 aliphatic heterocycles. The van der Waals surface area contributed by atoms with E-state index in [2.05, 4.69) is 0 Å². The normalized spacial score (nSPS) is 15.5. The molecule has 0 bridgehead atoms. The van der Waals surface area contributed by atoms with Gasteiger partial charge in [0.2, 0.25) is 5.78 Å². The van der Waals surface area contributed by atoms with Gasteiger partial charge in [-0.15, -0.1) is 0 Å². The second kappa shape index (κ2) is 10.8. The molecule has 3 rings (SSSR count). The zero-order valence-electron chi connectivity index (χ0n) is 19.6. The highest BCUT2D eigenvalue weighted by Gasteiger charge is 2.34. The second-order valence-corrected chi connectivity index (χ2v) is 9.33. The van der Waals surface area contributed by atoms with Gasteiger partial charge in [0.05, 0.1) is 12.5 Å². The third kappa shape index (κ3) is 6.63. The van der Waals surface area contributed by atoms with E-state index in [1.54, 1.807) is 49.9 Å². The Balaban J connectivity index is 1.71. The van der Waals surface area contributed by atoms with E-state index in [0.717, 1.165) is 0 Å². The Morgan fingerprint density at radius 3 is 2.15 bits per heavy atom. The van der Waals surface area contributed by atoms with Crippen molar-refractivity contribution in [3.05, 3.63) is 71.0 Å². The molecule has 1 amide bonds. The van der Waals surface area contributed by atoms with Crippen LogP contribution >= 0.6 is 0 Å². The van der Waals surface area contributed by atoms with Crippen LogP contribution in [0.1, 0.15) is 61.2 Å². The molecule has 1 N–H and O–H groups in total. The number of likely N-dealkylation sites (tertiary alicyclic amines) is 1. The molecule has 2 aromatic rings. The predicted molar refractivity (Wildman–Crippen MR) is 122 cm³/mol. The molecule has 7 nitrogen and oxygen atoms in total. The van der Waals surface area contributed by atoms with E-state index >= 15 is 0 Å². The lowest BCUT2D eigenvalue weighted by Crippen LogP contribution is -2.43. The minimum Gasteiger partial charge on any atom is -0.449 e. The van der Waals surface area contributed by atoms with Crippen LogP contribution in [0.3, 0.4) is 0 Å². The lowest BCUT2D eigenvalue weighted by Gasteiger charge is -2.33. The summed E-state index contributed by atoms with van der Waals surface area (Å²) in [6.45, 7) is 5.89. The van der Waals surface area contributed by atoms with Crippen LogP contribution in [-0.2, 0) is 20.9 Å². The highest BCUT2D eigenvalue weighted by molar-refractivity contribution is 6.01. The molecule has 182 valence electrons. The Labute approximate surface area is 198 Å². The molecule has 1 fully saturated rings. The van der Waals surface area contributed by atoms with Gasteiger partial charge >= 0.3 is 12.1 Å². The van der Waals surface area contributed by atoms with E-state index in [9.17, 15) is 23.9 Å². The first-order chi connectivity index (χ1) is 16.1. The minimum atomic E-state index is -1.24. The van der Waals surface area contributed by atoms with Crippen molar-refractivity contribution in [3.8, 4) is 0 Å². The molecule has 1 unspecified atom stereocenters. The van der Waals surface area contributed by atoms with E-state index in [0.29, 0.717) is 42.6 Å². The molecule has 1 saturated heterocycles. The van der Waals surface area contributed by atoms with E-state index in [1.165, 1.54) is 24.3 Å². The molecule has 0 spiro atoms. The van der Waals surface area contributed by atoms with Crippen LogP contribution < -0.4 is 0 Å². The first kappa shape index (κ1) is 25.4. The number of hydrogen-bond donors (Lipinski definition) is 1. The van der Waals surface area contributed by atoms with Crippen molar-refractivity contribution < 1.29 is 33.4 Å². The average Bonchev–Trinajstić information content (AvgIpc) is 2.81. The zero-order valence-corrected chi connectivity index (χ0v) is 19.6. The molecule has 1 aliphatic rings. The smallest absolute Gasteiger partial charge is 0.410 e. The maximum absolute atomic E-state index is 13.5. The number of esters is 1. The largest absolute Gasteiger partial charge is 0.449 e. The fourth-order valence-corrected chi connectivity index (χ4v) is 3.67. The van der Waals surface area contributed by atoms with Gasteiger partial charge in [-0.3, -0.25) is 9.59 Å². The summed E-state index contributed by atoms with van der Waals surface area (Å²) < 4.78 is 24.5. The predicted octanol–water partition coefficient (Wildman–Crippen LogP) is 4.43. The Hall–Kier alpha value is -3.26. The summed E-state index contributed by atoms with van der Waals surface area (Å²) in [5.74, 6) is -1.94. The number of piperidine rings is 1. The number of carbonyl (C=O) groups is 3. The number of ketones is 1. The Kier molecular flexibility index (Phi) is 8.04. The van der Waals surface area contributed by atoms with Crippen molar-refractivity contribution in [2.45, 2.75) is 51.9 Å². The summed E-state index contributed by atoms with van der Waals surface area (Å²) >= 11 is 0. The highest BCUT2D eigenvalue weighted by Crippen LogP contribution is 2.28. The maximum atomic E-state index is 13.5. The van der Waals surface area contributed by atoms with Gasteiger partial charge < -0.3 is 19.5 Å². The summed E-state index contributed by atoms with van der Waals surface area (Å²) in [6, 6.07) is 11.6. The molecule has 2 aromatic carbocycles. The summed E-state index contributed by atoms with van der Waals surface area (Å²) in [7, 11) is 0. The average molecular weight is 472 g/mol. The van der Waals surface area contributed by atoms with Gasteiger partial charge in [-0.05, 0) is 51.3 Å². The molecule has 1 atom stereocenters. The van der Waals surface area contributed by atoms with Crippen molar-refractivity contribution in [1.82, 2.24) is 4.90 Å². The van der Waals surface area contributed by atoms with Crippen molar-refractivity contribution in [3.63, 3.8) is 0 Å². The number of amides is 1. The van der Waals surface area contributed by atoms with Gasteiger partial charge in [-0.2, -0.15) is 0 Å². The molecular formula is C26H30FNO6. The standard InChI is InChI=1S/C26H30FNO6/c1-26(2,3)34-25(32)28-14-12-20(13-15-28)24(31)33-23(19-8-10-21(27)11-9-19)22(30)18-6-4-17(16-29)5-7-18/h4-11,20,23,29H,12-16H2,1-3H3. The number of rotatable bonds is 6. The van der Waals surface area contributed by atoms with E-state index < -0.39 is 41.3 Å². The van der Waals surface area contributed by atoms with Crippen molar-refractivity contribution in [2.75, 3.05) is 13.1 Å². The summed E-state index contributed by atoms with van der Waals surface area (Å²) in [5, 5.41) is 9.23. The molecule has 0 aromatic heterocycles. The number of hydrogen-bond acceptors (Lipinski definition) is 6. The van der Waals surface area contributed by atoms with E-state index in [1.807, 2.05) is 0 Å². The monoisotopic (exact) mass is 471 g/mol. The first-order valence-electron chi connectivity index (χ1n) is 11.3. The Bertz CT molecular complexity index is 1010. The summed E-state index contributed by atoms with van der Waals surface area (Å²) in [6.07, 6.45) is -0.900. The van der Waals surface area contributed by atoms with Crippen molar-refractivity contribution >= 4 is 17.8 Å². The lowest BCUT2D eigenvalue weighted by atomic mass is 9.96. The van der Waals surface area contributed by atoms with Crippen molar-refractivity contribution in [2.24, 2.45) is 5.92 Å². The quantitative estimate of drug-likeness (QED) is 0.495. The van der Waals surface area contributed by atoms with E-state index in [-0.39, 0.29) is 6.61 Å². The van der Waals surface area contributed by atoms with Gasteiger partial charge in [0.25, 0.3) is 0 Å². The number of aliphatic hydroxyl groups excluding tert-OH is 1. The van der Waals surface area contributed by atoms with Crippen LogP contribution in [0.4, 0.5) is 9.18 Å². The fraction of sp³-hybridized carbons (Fsp3) is 0.423. The SMILES string of the molecule is CC(C)(C)OC(=O)N1CCC(C(=O)OC(C(=O)c2ccc(CO)cc2)c2ccc(F)cc2)CC1. The van der Waals surface area contributed by atoms with Crippen LogP contribution in [0.2, 0.25) is 0 Å². The minimum absolute atomic E-state index is 0.160. The number of nitrogens with zero attached hydrogens (tertiary/aromatic N) is 1. The van der Waals surface area contributed by atoms with Crippen molar-refractivity contribution in [1.29, 1.82) is 0 Å². The third-order valence-electron chi connectivity index (χ3n) is 5.55. The highest BCUT2D eigenvalue weighted by atomic mass is 19.1. The zero-order chi connectivity index (χ0) is 24.9. The number of aliphatic hydroxyl groups is 1. The van der Waals surface area contributed by atoms with Gasteiger partial charge in [-0.25, -0.2) is 9.18 Å². The number of benzene rings is 2. The number of Topliss-reactive ketones (excluding diaryl/α,β-unsaturated/α-hetero) is 1. The van der Waals surface area contributed by atoms with Gasteiger partial charge in [-0.1, -0.05) is 36.4 Å². The molecule has 0 saturated carbocycles. The second-order valence-electron chi connectivity index (χ2n) is 9.33. The van der Waals surface area contributed by atoms with Gasteiger partial charge in [0.15, 0.2) is 6.10 Å². The number of carbonyl (C=O) groups excluding carboxylic acids is 3. The van der Waals surface area contributed by atoms with Crippen LogP contribution in [0, 0.1) is 11.7 Å². The van der Waals surface area contributed by atoms with Gasteiger partial charge in [0, 0.05) is 24.2 Å². The molecule has 1 heterocycles. The topological polar surface area (TPSA) is 93.1 Å². The molecule has 34 heavy (non-hydrogen) atoms. The molecule has 8 heteroatoms. The van der Waals surface area contributed by atoms with Crippen LogP contribution in [0.5, 0.6) is 0 Å². The molecule has 0 aliphatic carbocycles. The number of ether oxygens (including phenoxy) is 2. The third-order valence-corrected chi connectivity index (χ3v) is 5.55. The Morgan fingerprint density at radius 2 is 1.62 bits per heavy atom. The van der Waals surface area contributed by atoms with Crippen LogP contribution in [0.25, 0.3) is 0 Å². The maximum Gasteiger partial charge on any atom is 0.410 e. The fourth-order valence-electron chi connectivity index (χ4n) is 3.67.